The maximum absolute atomic E-state index is 12.8. The topological polar surface area (TPSA) is 21.3 Å². The highest BCUT2D eigenvalue weighted by atomic mass is 19.1. The molecule has 0 bridgehead atoms. The number of halogens is 1. The number of ether oxygens (including phenoxy) is 1. The van der Waals surface area contributed by atoms with Crippen LogP contribution in [-0.2, 0) is 0 Å². The Balaban J connectivity index is 2.32. The van der Waals surface area contributed by atoms with Crippen molar-refractivity contribution in [3.8, 4) is 5.75 Å². The summed E-state index contributed by atoms with van der Waals surface area (Å²) in [6.45, 7) is 1.03. The minimum absolute atomic E-state index is 0.250. The molecule has 1 aliphatic heterocycles. The van der Waals surface area contributed by atoms with Crippen LogP contribution in [0.25, 0.3) is 0 Å². The fourth-order valence-electron chi connectivity index (χ4n) is 1.53. The van der Waals surface area contributed by atoms with E-state index in [0.29, 0.717) is 11.8 Å². The first-order valence-electron chi connectivity index (χ1n) is 4.38. The summed E-state index contributed by atoms with van der Waals surface area (Å²) in [6.07, 6.45) is 1.10. The predicted molar refractivity (Wildman–Crippen MR) is 48.3 cm³/mol. The van der Waals surface area contributed by atoms with Gasteiger partial charge in [-0.25, -0.2) is 4.39 Å². The van der Waals surface area contributed by atoms with E-state index in [1.807, 2.05) is 0 Å². The first kappa shape index (κ1) is 8.51. The zero-order valence-corrected chi connectivity index (χ0v) is 7.51. The van der Waals surface area contributed by atoms with Crippen molar-refractivity contribution in [3.63, 3.8) is 0 Å². The Morgan fingerprint density at radius 1 is 1.54 bits per heavy atom. The van der Waals surface area contributed by atoms with Gasteiger partial charge in [-0.1, -0.05) is 6.07 Å². The molecule has 0 spiro atoms. The SMILES string of the molecule is COc1cc(F)ccc1[C@@H]1CCN1. The summed E-state index contributed by atoms with van der Waals surface area (Å²) in [7, 11) is 1.57. The molecule has 1 aromatic rings. The molecule has 0 saturated carbocycles. The molecule has 1 saturated heterocycles. The second kappa shape index (κ2) is 3.34. The normalized spacial score (nSPS) is 20.9. The summed E-state index contributed by atoms with van der Waals surface area (Å²) < 4.78 is 17.9. The summed E-state index contributed by atoms with van der Waals surface area (Å²) in [5.74, 6) is 0.386. The van der Waals surface area contributed by atoms with Crippen molar-refractivity contribution in [1.82, 2.24) is 5.32 Å². The van der Waals surface area contributed by atoms with Crippen LogP contribution in [0.3, 0.4) is 0 Å². The number of rotatable bonds is 2. The molecule has 0 amide bonds. The number of hydrogen-bond donors (Lipinski definition) is 1. The van der Waals surface area contributed by atoms with Crippen LogP contribution in [-0.4, -0.2) is 13.7 Å². The molecule has 1 fully saturated rings. The lowest BCUT2D eigenvalue weighted by Crippen LogP contribution is -2.35. The summed E-state index contributed by atoms with van der Waals surface area (Å²) in [4.78, 5) is 0. The second-order valence-corrected chi connectivity index (χ2v) is 3.18. The summed E-state index contributed by atoms with van der Waals surface area (Å²) >= 11 is 0. The lowest BCUT2D eigenvalue weighted by atomic mass is 9.97. The number of hydrogen-bond acceptors (Lipinski definition) is 2. The minimum Gasteiger partial charge on any atom is -0.496 e. The molecule has 70 valence electrons. The van der Waals surface area contributed by atoms with E-state index >= 15 is 0 Å². The third kappa shape index (κ3) is 1.52. The number of methoxy groups -OCH3 is 1. The second-order valence-electron chi connectivity index (χ2n) is 3.18. The maximum atomic E-state index is 12.8. The van der Waals surface area contributed by atoms with Gasteiger partial charge in [0.2, 0.25) is 0 Å². The molecule has 13 heavy (non-hydrogen) atoms. The minimum atomic E-state index is -0.250. The quantitative estimate of drug-likeness (QED) is 0.752. The van der Waals surface area contributed by atoms with Crippen molar-refractivity contribution in [3.05, 3.63) is 29.6 Å². The van der Waals surface area contributed by atoms with Crippen molar-refractivity contribution in [2.45, 2.75) is 12.5 Å². The Labute approximate surface area is 76.7 Å². The first-order chi connectivity index (χ1) is 6.31. The van der Waals surface area contributed by atoms with Crippen LogP contribution >= 0.6 is 0 Å². The smallest absolute Gasteiger partial charge is 0.126 e. The van der Waals surface area contributed by atoms with Gasteiger partial charge in [0.25, 0.3) is 0 Å². The van der Waals surface area contributed by atoms with Gasteiger partial charge in [-0.3, -0.25) is 0 Å². The Kier molecular flexibility index (Phi) is 2.19. The summed E-state index contributed by atoms with van der Waals surface area (Å²) in [5, 5.41) is 3.25. The van der Waals surface area contributed by atoms with Crippen molar-refractivity contribution >= 4 is 0 Å². The van der Waals surface area contributed by atoms with Gasteiger partial charge >= 0.3 is 0 Å². The fourth-order valence-corrected chi connectivity index (χ4v) is 1.53. The maximum Gasteiger partial charge on any atom is 0.126 e. The molecule has 1 heterocycles. The largest absolute Gasteiger partial charge is 0.496 e. The Morgan fingerprint density at radius 2 is 2.31 bits per heavy atom. The van der Waals surface area contributed by atoms with Crippen molar-refractivity contribution in [1.29, 1.82) is 0 Å². The highest BCUT2D eigenvalue weighted by molar-refractivity contribution is 5.37. The van der Waals surface area contributed by atoms with E-state index in [4.69, 9.17) is 4.74 Å². The summed E-state index contributed by atoms with van der Waals surface area (Å²) in [6, 6.07) is 5.02. The average Bonchev–Trinajstić information content (AvgIpc) is 2.05. The van der Waals surface area contributed by atoms with Crippen LogP contribution in [0.5, 0.6) is 5.75 Å². The first-order valence-corrected chi connectivity index (χ1v) is 4.38. The third-order valence-corrected chi connectivity index (χ3v) is 2.39. The number of nitrogens with one attached hydrogen (secondary N) is 1. The average molecular weight is 181 g/mol. The van der Waals surface area contributed by atoms with Crippen molar-refractivity contribution in [2.75, 3.05) is 13.7 Å². The lowest BCUT2D eigenvalue weighted by molar-refractivity contribution is 0.351. The molecule has 0 aromatic heterocycles. The van der Waals surface area contributed by atoms with Crippen LogP contribution in [0.1, 0.15) is 18.0 Å². The molecular formula is C10H12FNO. The van der Waals surface area contributed by atoms with E-state index in [0.717, 1.165) is 18.5 Å². The van der Waals surface area contributed by atoms with Gasteiger partial charge in [-0.2, -0.15) is 0 Å². The molecule has 0 radical (unpaired) electrons. The molecular weight excluding hydrogens is 169 g/mol. The van der Waals surface area contributed by atoms with Crippen LogP contribution in [0, 0.1) is 5.82 Å². The van der Waals surface area contributed by atoms with Crippen molar-refractivity contribution < 1.29 is 9.13 Å². The standard InChI is InChI=1S/C10H12FNO/c1-13-10-6-7(11)2-3-8(10)9-4-5-12-9/h2-3,6,9,12H,4-5H2,1H3/t9-/m0/s1. The third-order valence-electron chi connectivity index (χ3n) is 2.39. The van der Waals surface area contributed by atoms with Gasteiger partial charge in [0.05, 0.1) is 7.11 Å². The molecule has 2 nitrogen and oxygen atoms in total. The van der Waals surface area contributed by atoms with Crippen molar-refractivity contribution in [2.24, 2.45) is 0 Å². The van der Waals surface area contributed by atoms with E-state index in [1.54, 1.807) is 13.2 Å². The van der Waals surface area contributed by atoms with Gasteiger partial charge in [0, 0.05) is 17.7 Å². The van der Waals surface area contributed by atoms with Gasteiger partial charge in [0.15, 0.2) is 0 Å². The molecule has 1 N–H and O–H groups in total. The predicted octanol–water partition coefficient (Wildman–Crippen LogP) is 1.87. The Bertz CT molecular complexity index is 310. The molecule has 1 aromatic carbocycles. The Hall–Kier alpha value is -1.09. The van der Waals surface area contributed by atoms with E-state index < -0.39 is 0 Å². The number of benzene rings is 1. The fraction of sp³-hybridized carbons (Fsp3) is 0.400. The van der Waals surface area contributed by atoms with Gasteiger partial charge in [-0.05, 0) is 19.0 Å². The van der Waals surface area contributed by atoms with Gasteiger partial charge in [-0.15, -0.1) is 0 Å². The van der Waals surface area contributed by atoms with Gasteiger partial charge < -0.3 is 10.1 Å². The van der Waals surface area contributed by atoms with Crippen LogP contribution in [0.2, 0.25) is 0 Å². The highest BCUT2D eigenvalue weighted by Crippen LogP contribution is 2.31. The Morgan fingerprint density at radius 3 is 2.85 bits per heavy atom. The van der Waals surface area contributed by atoms with Gasteiger partial charge in [0.1, 0.15) is 11.6 Å². The zero-order valence-electron chi connectivity index (χ0n) is 7.51. The van der Waals surface area contributed by atoms with E-state index in [9.17, 15) is 4.39 Å². The van der Waals surface area contributed by atoms with Crippen LogP contribution in [0.4, 0.5) is 4.39 Å². The van der Waals surface area contributed by atoms with Crippen LogP contribution < -0.4 is 10.1 Å². The monoisotopic (exact) mass is 181 g/mol. The molecule has 0 unspecified atom stereocenters. The molecule has 2 rings (SSSR count). The lowest BCUT2D eigenvalue weighted by Gasteiger charge is -2.29. The molecule has 3 heteroatoms. The molecule has 1 aliphatic rings. The van der Waals surface area contributed by atoms with E-state index in [2.05, 4.69) is 5.32 Å². The zero-order chi connectivity index (χ0) is 9.26. The molecule has 1 atom stereocenters. The van der Waals surface area contributed by atoms with Crippen LogP contribution in [0.15, 0.2) is 18.2 Å². The summed E-state index contributed by atoms with van der Waals surface area (Å²) in [5.41, 5.74) is 1.05. The molecule has 0 aliphatic carbocycles. The highest BCUT2D eigenvalue weighted by Gasteiger charge is 2.21. The van der Waals surface area contributed by atoms with E-state index in [1.165, 1.54) is 12.1 Å². The van der Waals surface area contributed by atoms with E-state index in [-0.39, 0.29) is 5.82 Å².